The third-order valence-corrected chi connectivity index (χ3v) is 1.76. The third-order valence-electron chi connectivity index (χ3n) is 1.76. The predicted molar refractivity (Wildman–Crippen MR) is 49.6 cm³/mol. The van der Waals surface area contributed by atoms with Crippen molar-refractivity contribution in [1.29, 1.82) is 0 Å². The van der Waals surface area contributed by atoms with Crippen LogP contribution in [0.15, 0.2) is 6.20 Å². The van der Waals surface area contributed by atoms with Gasteiger partial charge in [0.05, 0.1) is 18.9 Å². The average Bonchev–Trinajstić information content (AvgIpc) is 2.09. The molecule has 0 amide bonds. The van der Waals surface area contributed by atoms with E-state index in [1.165, 1.54) is 6.20 Å². The minimum absolute atomic E-state index is 0. The van der Waals surface area contributed by atoms with E-state index in [4.69, 9.17) is 10.2 Å². The molecule has 0 bridgehead atoms. The molecule has 0 unspecified atom stereocenters. The van der Waals surface area contributed by atoms with Crippen LogP contribution in [0, 0.1) is 6.92 Å². The van der Waals surface area contributed by atoms with E-state index in [1.807, 2.05) is 0 Å². The molecule has 1 heterocycles. The molecule has 0 radical (unpaired) electrons. The van der Waals surface area contributed by atoms with Crippen molar-refractivity contribution in [3.05, 3.63) is 23.0 Å². The van der Waals surface area contributed by atoms with Gasteiger partial charge in [0.1, 0.15) is 5.75 Å². The summed E-state index contributed by atoms with van der Waals surface area (Å²) in [6.45, 7) is 1.12. The minimum atomic E-state index is -0.287. The molecule has 0 aliphatic rings. The van der Waals surface area contributed by atoms with Crippen LogP contribution in [0.3, 0.4) is 0 Å². The third kappa shape index (κ3) is 2.65. The first-order valence-electron chi connectivity index (χ1n) is 3.58. The SMILES string of the molecule is Cc1ncc(CO)c(CO)c1O.[NaH]. The molecule has 0 saturated carbocycles. The summed E-state index contributed by atoms with van der Waals surface area (Å²) in [6, 6.07) is 0. The second kappa shape index (κ2) is 5.57. The van der Waals surface area contributed by atoms with Crippen molar-refractivity contribution in [3.63, 3.8) is 0 Å². The van der Waals surface area contributed by atoms with E-state index < -0.39 is 0 Å². The molecule has 0 saturated heterocycles. The Labute approximate surface area is 98.5 Å². The van der Waals surface area contributed by atoms with Gasteiger partial charge in [0, 0.05) is 17.3 Å². The fraction of sp³-hybridized carbons (Fsp3) is 0.375. The van der Waals surface area contributed by atoms with E-state index in [1.54, 1.807) is 6.92 Å². The topological polar surface area (TPSA) is 73.6 Å². The van der Waals surface area contributed by atoms with Gasteiger partial charge in [-0.2, -0.15) is 0 Å². The van der Waals surface area contributed by atoms with Crippen LogP contribution >= 0.6 is 0 Å². The summed E-state index contributed by atoms with van der Waals surface area (Å²) < 4.78 is 0. The van der Waals surface area contributed by atoms with Crippen molar-refractivity contribution in [2.24, 2.45) is 0 Å². The first-order valence-corrected chi connectivity index (χ1v) is 3.58. The fourth-order valence-electron chi connectivity index (χ4n) is 0.997. The van der Waals surface area contributed by atoms with E-state index in [0.717, 1.165) is 0 Å². The van der Waals surface area contributed by atoms with Gasteiger partial charge in [-0.3, -0.25) is 4.98 Å². The number of hydrogen-bond acceptors (Lipinski definition) is 4. The Morgan fingerprint density at radius 2 is 1.92 bits per heavy atom. The molecular formula is C8H12NNaO3. The molecule has 1 aromatic rings. The normalized spacial score (nSPS) is 9.46. The number of aromatic nitrogens is 1. The second-order valence-electron chi connectivity index (χ2n) is 2.51. The van der Waals surface area contributed by atoms with E-state index in [-0.39, 0.29) is 48.5 Å². The van der Waals surface area contributed by atoms with Crippen LogP contribution in [0.1, 0.15) is 16.8 Å². The van der Waals surface area contributed by atoms with Crippen LogP contribution in [-0.2, 0) is 13.2 Å². The van der Waals surface area contributed by atoms with Crippen molar-refractivity contribution in [1.82, 2.24) is 4.98 Å². The number of aromatic hydroxyl groups is 1. The summed E-state index contributed by atoms with van der Waals surface area (Å²) in [6.07, 6.45) is 1.45. The van der Waals surface area contributed by atoms with Crippen LogP contribution in [0.25, 0.3) is 0 Å². The van der Waals surface area contributed by atoms with Crippen LogP contribution in [0.5, 0.6) is 5.75 Å². The molecule has 0 spiro atoms. The summed E-state index contributed by atoms with van der Waals surface area (Å²) in [5.74, 6) is -0.0379. The molecule has 0 aromatic carbocycles. The molecule has 4 nitrogen and oxygen atoms in total. The molecule has 13 heavy (non-hydrogen) atoms. The van der Waals surface area contributed by atoms with Crippen LogP contribution in [0.2, 0.25) is 0 Å². The molecule has 68 valence electrons. The van der Waals surface area contributed by atoms with Crippen molar-refractivity contribution in [2.75, 3.05) is 0 Å². The Morgan fingerprint density at radius 3 is 2.38 bits per heavy atom. The van der Waals surface area contributed by atoms with Gasteiger partial charge in [0.15, 0.2) is 0 Å². The molecule has 0 aliphatic heterocycles. The molecule has 5 heteroatoms. The fourth-order valence-corrected chi connectivity index (χ4v) is 0.997. The first kappa shape index (κ1) is 12.9. The number of rotatable bonds is 2. The van der Waals surface area contributed by atoms with Crippen LogP contribution < -0.4 is 0 Å². The Bertz CT molecular complexity index is 291. The average molecular weight is 193 g/mol. The van der Waals surface area contributed by atoms with Crippen LogP contribution in [0.4, 0.5) is 0 Å². The Kier molecular flexibility index (Phi) is 5.51. The zero-order chi connectivity index (χ0) is 9.14. The predicted octanol–water partition coefficient (Wildman–Crippen LogP) is -0.568. The number of hydrogen-bond donors (Lipinski definition) is 3. The molecule has 1 aromatic heterocycles. The number of aliphatic hydroxyl groups excluding tert-OH is 2. The Hall–Kier alpha value is -0.130. The Morgan fingerprint density at radius 1 is 1.31 bits per heavy atom. The summed E-state index contributed by atoms with van der Waals surface area (Å²) in [4.78, 5) is 3.84. The van der Waals surface area contributed by atoms with Crippen LogP contribution in [-0.4, -0.2) is 49.9 Å². The van der Waals surface area contributed by atoms with Gasteiger partial charge in [0.2, 0.25) is 0 Å². The molecule has 1 rings (SSSR count). The van der Waals surface area contributed by atoms with E-state index in [2.05, 4.69) is 4.98 Å². The van der Waals surface area contributed by atoms with Crippen molar-refractivity contribution in [3.8, 4) is 5.75 Å². The van der Waals surface area contributed by atoms with Gasteiger partial charge in [-0.05, 0) is 6.92 Å². The summed E-state index contributed by atoms with van der Waals surface area (Å²) in [5.41, 5.74) is 1.27. The van der Waals surface area contributed by atoms with Gasteiger partial charge in [-0.25, -0.2) is 0 Å². The van der Waals surface area contributed by atoms with Gasteiger partial charge in [-0.15, -0.1) is 0 Å². The van der Waals surface area contributed by atoms with E-state index in [0.29, 0.717) is 16.8 Å². The van der Waals surface area contributed by atoms with E-state index in [9.17, 15) is 5.11 Å². The number of pyridine rings is 1. The molecular weight excluding hydrogens is 181 g/mol. The first-order chi connectivity index (χ1) is 5.70. The van der Waals surface area contributed by atoms with Gasteiger partial charge in [0.25, 0.3) is 0 Å². The van der Waals surface area contributed by atoms with Crippen molar-refractivity contribution >= 4 is 29.6 Å². The zero-order valence-corrected chi connectivity index (χ0v) is 6.78. The molecule has 0 atom stereocenters. The summed E-state index contributed by atoms with van der Waals surface area (Å²) in [5, 5.41) is 27.0. The molecule has 0 fully saturated rings. The van der Waals surface area contributed by atoms with Gasteiger partial charge < -0.3 is 15.3 Å². The monoisotopic (exact) mass is 193 g/mol. The maximum atomic E-state index is 9.38. The number of aliphatic hydroxyl groups is 2. The summed E-state index contributed by atoms with van der Waals surface area (Å²) >= 11 is 0. The van der Waals surface area contributed by atoms with Gasteiger partial charge >= 0.3 is 29.6 Å². The summed E-state index contributed by atoms with van der Waals surface area (Å²) in [7, 11) is 0. The van der Waals surface area contributed by atoms with Crippen molar-refractivity contribution in [2.45, 2.75) is 20.1 Å². The second-order valence-corrected chi connectivity index (χ2v) is 2.51. The molecule has 3 N–H and O–H groups in total. The van der Waals surface area contributed by atoms with E-state index >= 15 is 0 Å². The van der Waals surface area contributed by atoms with Gasteiger partial charge in [-0.1, -0.05) is 0 Å². The zero-order valence-electron chi connectivity index (χ0n) is 6.78. The number of aryl methyl sites for hydroxylation is 1. The molecule has 0 aliphatic carbocycles. The Balaban J connectivity index is 0.00000144. The van der Waals surface area contributed by atoms with Crippen molar-refractivity contribution < 1.29 is 15.3 Å². The maximum absolute atomic E-state index is 9.38. The number of nitrogens with zero attached hydrogens (tertiary/aromatic N) is 1. The standard InChI is InChI=1S/C8H11NO3.Na.H/c1-5-8(12)7(4-11)6(3-10)2-9-5;;/h2,10-12H,3-4H2,1H3;;. The quantitative estimate of drug-likeness (QED) is 0.550.